The number of aromatic amines is 1. The summed E-state index contributed by atoms with van der Waals surface area (Å²) in [5, 5.41) is 14.5. The molecule has 4 rings (SSSR count). The second kappa shape index (κ2) is 7.24. The second-order valence-corrected chi connectivity index (χ2v) is 6.81. The molecule has 0 aliphatic carbocycles. The molecule has 4 aromatic rings. The number of rotatable bonds is 4. The van der Waals surface area contributed by atoms with Gasteiger partial charge in [0.25, 0.3) is 5.91 Å². The lowest BCUT2D eigenvalue weighted by Crippen LogP contribution is -2.14. The van der Waals surface area contributed by atoms with Crippen LogP contribution in [0.3, 0.4) is 0 Å². The van der Waals surface area contributed by atoms with Crippen molar-refractivity contribution in [1.82, 2.24) is 25.1 Å². The Kier molecular flexibility index (Phi) is 4.62. The standard InChI is InChI=1S/C18H13BrN6O3/c1-10-15(22-24-25(10)14-7-3-5-12(19)9-14)17(26)20-13-6-2-4-11(8-13)16-21-18(27)28-23-16/h2-9H,1H3,(H,20,26)(H,21,23,27). The van der Waals surface area contributed by atoms with Gasteiger partial charge in [0.05, 0.1) is 11.4 Å². The topological polar surface area (TPSA) is 119 Å². The minimum Gasteiger partial charge on any atom is -0.321 e. The Bertz CT molecular complexity index is 1230. The van der Waals surface area contributed by atoms with Crippen LogP contribution in [0.25, 0.3) is 17.1 Å². The predicted octanol–water partition coefficient (Wildman–Crippen LogP) is 2.93. The van der Waals surface area contributed by atoms with Gasteiger partial charge in [-0.1, -0.05) is 44.5 Å². The number of anilines is 1. The fraction of sp³-hybridized carbons (Fsp3) is 0.0556. The number of amides is 1. The minimum atomic E-state index is -0.649. The molecule has 2 aromatic heterocycles. The molecule has 0 bridgehead atoms. The first-order valence-corrected chi connectivity index (χ1v) is 8.96. The van der Waals surface area contributed by atoms with Crippen LogP contribution in [0.2, 0.25) is 0 Å². The van der Waals surface area contributed by atoms with Gasteiger partial charge in [-0.05, 0) is 37.3 Å². The van der Waals surface area contributed by atoms with Gasteiger partial charge in [0.2, 0.25) is 0 Å². The van der Waals surface area contributed by atoms with Gasteiger partial charge in [0.15, 0.2) is 11.5 Å². The second-order valence-electron chi connectivity index (χ2n) is 5.89. The molecule has 9 nitrogen and oxygen atoms in total. The van der Waals surface area contributed by atoms with E-state index in [9.17, 15) is 9.59 Å². The van der Waals surface area contributed by atoms with Crippen molar-refractivity contribution < 1.29 is 9.32 Å². The van der Waals surface area contributed by atoms with Crippen LogP contribution >= 0.6 is 15.9 Å². The van der Waals surface area contributed by atoms with Gasteiger partial charge in [0, 0.05) is 15.7 Å². The Morgan fingerprint density at radius 2 is 2.04 bits per heavy atom. The molecular formula is C18H13BrN6O3. The third-order valence-electron chi connectivity index (χ3n) is 4.00. The summed E-state index contributed by atoms with van der Waals surface area (Å²) in [4.78, 5) is 26.2. The van der Waals surface area contributed by atoms with Crippen molar-refractivity contribution in [1.29, 1.82) is 0 Å². The number of halogens is 1. The number of aromatic nitrogens is 5. The highest BCUT2D eigenvalue weighted by molar-refractivity contribution is 9.10. The molecule has 2 aromatic carbocycles. The first kappa shape index (κ1) is 17.9. The maximum absolute atomic E-state index is 12.7. The number of carbonyl (C=O) groups excluding carboxylic acids is 1. The van der Waals surface area contributed by atoms with Crippen molar-refractivity contribution in [2.75, 3.05) is 5.32 Å². The Morgan fingerprint density at radius 3 is 2.79 bits per heavy atom. The summed E-state index contributed by atoms with van der Waals surface area (Å²) in [6.45, 7) is 1.77. The molecule has 2 heterocycles. The van der Waals surface area contributed by atoms with Gasteiger partial charge >= 0.3 is 5.76 Å². The van der Waals surface area contributed by atoms with Gasteiger partial charge in [-0.25, -0.2) is 9.48 Å². The van der Waals surface area contributed by atoms with Crippen LogP contribution in [-0.4, -0.2) is 31.0 Å². The van der Waals surface area contributed by atoms with Gasteiger partial charge in [-0.2, -0.15) is 0 Å². The smallest absolute Gasteiger partial charge is 0.321 e. The molecule has 10 heteroatoms. The third-order valence-corrected chi connectivity index (χ3v) is 4.49. The summed E-state index contributed by atoms with van der Waals surface area (Å²) in [6.07, 6.45) is 0. The van der Waals surface area contributed by atoms with E-state index in [4.69, 9.17) is 0 Å². The van der Waals surface area contributed by atoms with E-state index < -0.39 is 11.7 Å². The zero-order valence-corrected chi connectivity index (χ0v) is 16.1. The lowest BCUT2D eigenvalue weighted by molar-refractivity contribution is 0.102. The zero-order valence-electron chi connectivity index (χ0n) is 14.5. The summed E-state index contributed by atoms with van der Waals surface area (Å²) in [6, 6.07) is 14.4. The Balaban J connectivity index is 1.59. The van der Waals surface area contributed by atoms with Crippen molar-refractivity contribution >= 4 is 27.5 Å². The van der Waals surface area contributed by atoms with E-state index in [-0.39, 0.29) is 11.5 Å². The zero-order chi connectivity index (χ0) is 19.7. The molecule has 0 atom stereocenters. The molecule has 140 valence electrons. The molecule has 1 amide bonds. The summed E-state index contributed by atoms with van der Waals surface area (Å²) >= 11 is 3.42. The molecule has 0 saturated carbocycles. The molecule has 0 unspecified atom stereocenters. The van der Waals surface area contributed by atoms with Gasteiger partial charge in [-0.15, -0.1) is 5.10 Å². The minimum absolute atomic E-state index is 0.209. The third kappa shape index (κ3) is 3.49. The van der Waals surface area contributed by atoms with Crippen LogP contribution in [0, 0.1) is 6.92 Å². The highest BCUT2D eigenvalue weighted by atomic mass is 79.9. The summed E-state index contributed by atoms with van der Waals surface area (Å²) in [5.74, 6) is -0.772. The molecule has 0 radical (unpaired) electrons. The van der Waals surface area contributed by atoms with E-state index in [1.807, 2.05) is 24.3 Å². The molecule has 28 heavy (non-hydrogen) atoms. The summed E-state index contributed by atoms with van der Waals surface area (Å²) in [5.41, 5.74) is 2.71. The normalized spacial score (nSPS) is 10.8. The molecule has 2 N–H and O–H groups in total. The van der Waals surface area contributed by atoms with Crippen LogP contribution < -0.4 is 11.1 Å². The van der Waals surface area contributed by atoms with Gasteiger partial charge in [-0.3, -0.25) is 14.3 Å². The largest absolute Gasteiger partial charge is 0.439 e. The van der Waals surface area contributed by atoms with Crippen LogP contribution in [0.5, 0.6) is 0 Å². The van der Waals surface area contributed by atoms with Crippen molar-refractivity contribution in [2.24, 2.45) is 0 Å². The monoisotopic (exact) mass is 440 g/mol. The number of nitrogens with zero attached hydrogens (tertiary/aromatic N) is 4. The van der Waals surface area contributed by atoms with Crippen LogP contribution in [0.4, 0.5) is 5.69 Å². The quantitative estimate of drug-likeness (QED) is 0.503. The fourth-order valence-corrected chi connectivity index (χ4v) is 3.07. The lowest BCUT2D eigenvalue weighted by Gasteiger charge is -2.06. The molecule has 0 aliphatic rings. The highest BCUT2D eigenvalue weighted by Crippen LogP contribution is 2.20. The van der Waals surface area contributed by atoms with E-state index >= 15 is 0 Å². The van der Waals surface area contributed by atoms with Gasteiger partial charge in [0.1, 0.15) is 0 Å². The average Bonchev–Trinajstić information content (AvgIpc) is 3.28. The maximum atomic E-state index is 12.7. The Labute approximate surface area is 166 Å². The Hall–Kier alpha value is -3.53. The van der Waals surface area contributed by atoms with E-state index in [1.165, 1.54) is 0 Å². The van der Waals surface area contributed by atoms with Crippen molar-refractivity contribution in [3.8, 4) is 17.1 Å². The number of hydrogen-bond acceptors (Lipinski definition) is 6. The summed E-state index contributed by atoms with van der Waals surface area (Å²) < 4.78 is 7.00. The van der Waals surface area contributed by atoms with E-state index in [2.05, 4.69) is 46.2 Å². The van der Waals surface area contributed by atoms with Crippen molar-refractivity contribution in [3.63, 3.8) is 0 Å². The number of nitrogens with one attached hydrogen (secondary N) is 2. The van der Waals surface area contributed by atoms with Crippen LogP contribution in [0.15, 0.2) is 62.3 Å². The molecule has 0 aliphatic heterocycles. The van der Waals surface area contributed by atoms with Crippen LogP contribution in [-0.2, 0) is 0 Å². The molecule has 0 fully saturated rings. The first-order valence-electron chi connectivity index (χ1n) is 8.17. The number of H-pyrrole nitrogens is 1. The van der Waals surface area contributed by atoms with E-state index in [0.717, 1.165) is 10.2 Å². The molecular weight excluding hydrogens is 428 g/mol. The molecule has 0 spiro atoms. The van der Waals surface area contributed by atoms with E-state index in [1.54, 1.807) is 35.9 Å². The number of carbonyl (C=O) groups is 1. The SMILES string of the molecule is Cc1c(C(=O)Nc2cccc(-c3noc(=O)[nH]3)c2)nnn1-c1cccc(Br)c1. The summed E-state index contributed by atoms with van der Waals surface area (Å²) in [7, 11) is 0. The van der Waals surface area contributed by atoms with Crippen molar-refractivity contribution in [2.45, 2.75) is 6.92 Å². The van der Waals surface area contributed by atoms with Gasteiger partial charge < -0.3 is 5.32 Å². The predicted molar refractivity (Wildman–Crippen MR) is 104 cm³/mol. The molecule has 0 saturated heterocycles. The Morgan fingerprint density at radius 1 is 1.21 bits per heavy atom. The van der Waals surface area contributed by atoms with E-state index in [0.29, 0.717) is 16.9 Å². The van der Waals surface area contributed by atoms with Crippen molar-refractivity contribution in [3.05, 3.63) is 74.9 Å². The first-order chi connectivity index (χ1) is 13.5. The number of hydrogen-bond donors (Lipinski definition) is 2. The highest BCUT2D eigenvalue weighted by Gasteiger charge is 2.18. The average molecular weight is 441 g/mol. The maximum Gasteiger partial charge on any atom is 0.439 e. The lowest BCUT2D eigenvalue weighted by atomic mass is 10.2. The fourth-order valence-electron chi connectivity index (χ4n) is 2.68. The van der Waals surface area contributed by atoms with Crippen LogP contribution in [0.1, 0.15) is 16.2 Å². The number of benzene rings is 2.